The number of hydrogen-bond donors (Lipinski definition) is 6. The van der Waals surface area contributed by atoms with Crippen LogP contribution in [0.25, 0.3) is 0 Å². The van der Waals surface area contributed by atoms with Gasteiger partial charge in [0.2, 0.25) is 5.91 Å². The van der Waals surface area contributed by atoms with E-state index in [1.165, 1.54) is 96.3 Å². The van der Waals surface area contributed by atoms with Crippen LogP contribution in [-0.4, -0.2) is 99.6 Å². The van der Waals surface area contributed by atoms with Crippen molar-refractivity contribution in [3.8, 4) is 0 Å². The van der Waals surface area contributed by atoms with Crippen molar-refractivity contribution in [3.05, 3.63) is 85.1 Å². The van der Waals surface area contributed by atoms with Gasteiger partial charge in [0.25, 0.3) is 0 Å². The molecule has 1 saturated heterocycles. The number of amides is 1. The molecule has 1 rings (SSSR count). The fourth-order valence-electron chi connectivity index (χ4n) is 8.09. The number of rotatable bonds is 44. The lowest BCUT2D eigenvalue weighted by atomic mass is 9.99. The van der Waals surface area contributed by atoms with E-state index in [4.69, 9.17) is 14.2 Å². The number of carbonyl (C=O) groups is 2. The zero-order valence-electron chi connectivity index (χ0n) is 43.4. The topological polar surface area (TPSA) is 175 Å². The molecule has 1 fully saturated rings. The van der Waals surface area contributed by atoms with Crippen LogP contribution in [0.4, 0.5) is 0 Å². The van der Waals surface area contributed by atoms with Crippen LogP contribution in [0.5, 0.6) is 0 Å². The van der Waals surface area contributed by atoms with Crippen LogP contribution < -0.4 is 5.32 Å². The summed E-state index contributed by atoms with van der Waals surface area (Å²) < 4.78 is 17.5. The number of carbonyl (C=O) groups excluding carboxylic acids is 2. The maximum atomic E-state index is 13.3. The highest BCUT2D eigenvalue weighted by Gasteiger charge is 2.47. The van der Waals surface area contributed by atoms with E-state index < -0.39 is 67.4 Å². The first-order valence-electron chi connectivity index (χ1n) is 27.4. The quantitative estimate of drug-likeness (QED) is 0.0149. The van der Waals surface area contributed by atoms with Gasteiger partial charge in [0.05, 0.1) is 25.4 Å². The van der Waals surface area contributed by atoms with Crippen LogP contribution in [0.15, 0.2) is 85.1 Å². The SMILES string of the molecule is CC\C=C/C=C/C=C/C=C\C=C\C=C\CCCCCC(=O)OC1C(OCC(NC(=O)C(O)CCCCCCCCCCCC)C(O)/C=C/CCCCCCCCCCCCC)OC(CO)C(O)C1O. The van der Waals surface area contributed by atoms with E-state index >= 15 is 0 Å². The first kappa shape index (κ1) is 63.9. The largest absolute Gasteiger partial charge is 0.454 e. The molecule has 0 aliphatic carbocycles. The fourth-order valence-corrected chi connectivity index (χ4v) is 8.09. The van der Waals surface area contributed by atoms with Crippen LogP contribution in [0.2, 0.25) is 0 Å². The van der Waals surface area contributed by atoms with Crippen molar-refractivity contribution in [3.63, 3.8) is 0 Å². The van der Waals surface area contributed by atoms with Gasteiger partial charge in [0, 0.05) is 6.42 Å². The van der Waals surface area contributed by atoms with E-state index in [-0.39, 0.29) is 19.4 Å². The Kier molecular flexibility index (Phi) is 42.5. The summed E-state index contributed by atoms with van der Waals surface area (Å²) in [5, 5.41) is 56.6. The lowest BCUT2D eigenvalue weighted by molar-refractivity contribution is -0.305. The molecule has 8 unspecified atom stereocenters. The maximum absolute atomic E-state index is 13.3. The predicted octanol–water partition coefficient (Wildman–Crippen LogP) is 11.8. The minimum Gasteiger partial charge on any atom is -0.454 e. The molecule has 0 aromatic carbocycles. The van der Waals surface area contributed by atoms with E-state index in [0.29, 0.717) is 12.8 Å². The zero-order chi connectivity index (χ0) is 50.4. The molecule has 11 heteroatoms. The summed E-state index contributed by atoms with van der Waals surface area (Å²) in [5.74, 6) is -1.25. The Hall–Kier alpha value is -3.16. The minimum atomic E-state index is -1.63. The van der Waals surface area contributed by atoms with Gasteiger partial charge in [-0.05, 0) is 44.9 Å². The average Bonchev–Trinajstić information content (AvgIpc) is 3.34. The first-order valence-corrected chi connectivity index (χ1v) is 27.4. The van der Waals surface area contributed by atoms with Crippen LogP contribution >= 0.6 is 0 Å². The molecule has 0 spiro atoms. The molecule has 1 aliphatic heterocycles. The zero-order valence-corrected chi connectivity index (χ0v) is 43.4. The molecule has 0 aromatic rings. The van der Waals surface area contributed by atoms with Gasteiger partial charge < -0.3 is 45.1 Å². The number of unbranched alkanes of at least 4 members (excludes halogenated alkanes) is 23. The molecular weight excluding hydrogens is 871 g/mol. The standard InChI is InChI=1S/C58H99NO10/c1-4-7-10-13-16-19-22-24-25-26-27-29-31-34-37-40-43-46-53(63)69-56-55(65)54(64)52(47-60)68-58(56)67-48-49(50(61)44-41-38-35-33-30-28-23-20-17-14-11-8-5-2)59-57(66)51(62)45-42-39-36-32-21-18-15-12-9-6-3/h7,10,13,16,19,22,24-27,29,31,41,44,49-52,54-56,58,60-62,64-65H,4-6,8-9,11-12,14-15,17-18,20-21,23,28,30,32-40,42-43,45-48H2,1-3H3,(H,59,66)/b10-7-,16-13+,22-19+,25-24-,27-26+,31-29+,44-41+. The fraction of sp³-hybridized carbons (Fsp3) is 0.724. The molecule has 69 heavy (non-hydrogen) atoms. The Morgan fingerprint density at radius 2 is 1.04 bits per heavy atom. The predicted molar refractivity (Wildman–Crippen MR) is 282 cm³/mol. The van der Waals surface area contributed by atoms with Crippen molar-refractivity contribution < 1.29 is 49.3 Å². The molecule has 8 atom stereocenters. The van der Waals surface area contributed by atoms with Crippen LogP contribution in [0, 0.1) is 0 Å². The summed E-state index contributed by atoms with van der Waals surface area (Å²) in [6.07, 6.45) is 47.7. The van der Waals surface area contributed by atoms with Crippen molar-refractivity contribution in [2.75, 3.05) is 13.2 Å². The lowest BCUT2D eigenvalue weighted by Gasteiger charge is -2.41. The summed E-state index contributed by atoms with van der Waals surface area (Å²) in [4.78, 5) is 26.4. The summed E-state index contributed by atoms with van der Waals surface area (Å²) in [7, 11) is 0. The van der Waals surface area contributed by atoms with Gasteiger partial charge in [-0.1, -0.05) is 241 Å². The number of nitrogens with one attached hydrogen (secondary N) is 1. The van der Waals surface area contributed by atoms with E-state index in [0.717, 1.165) is 64.2 Å². The Morgan fingerprint density at radius 3 is 1.57 bits per heavy atom. The second-order valence-electron chi connectivity index (χ2n) is 18.7. The molecular formula is C58H99NO10. The van der Waals surface area contributed by atoms with Gasteiger partial charge in [-0.25, -0.2) is 0 Å². The molecule has 0 radical (unpaired) electrons. The first-order chi connectivity index (χ1) is 33.7. The molecule has 1 heterocycles. The normalized spacial score (nSPS) is 20.5. The third-order valence-corrected chi connectivity index (χ3v) is 12.5. The van der Waals surface area contributed by atoms with Crippen molar-refractivity contribution in [2.24, 2.45) is 0 Å². The Morgan fingerprint density at radius 1 is 0.580 bits per heavy atom. The second kappa shape index (κ2) is 45.9. The highest BCUT2D eigenvalue weighted by atomic mass is 16.7. The van der Waals surface area contributed by atoms with E-state index in [1.54, 1.807) is 6.08 Å². The monoisotopic (exact) mass is 970 g/mol. The van der Waals surface area contributed by atoms with Gasteiger partial charge in [0.1, 0.15) is 24.4 Å². The van der Waals surface area contributed by atoms with Gasteiger partial charge >= 0.3 is 5.97 Å². The lowest BCUT2D eigenvalue weighted by Crippen LogP contribution is -2.61. The molecule has 0 aromatic heterocycles. The van der Waals surface area contributed by atoms with E-state index in [1.807, 2.05) is 66.8 Å². The van der Waals surface area contributed by atoms with Gasteiger partial charge in [-0.15, -0.1) is 0 Å². The van der Waals surface area contributed by atoms with Crippen LogP contribution in [0.3, 0.4) is 0 Å². The second-order valence-corrected chi connectivity index (χ2v) is 18.7. The van der Waals surface area contributed by atoms with Crippen LogP contribution in [-0.2, 0) is 23.8 Å². The molecule has 396 valence electrons. The van der Waals surface area contributed by atoms with Crippen molar-refractivity contribution in [1.82, 2.24) is 5.32 Å². The summed E-state index contributed by atoms with van der Waals surface area (Å²) in [6, 6.07) is -1.03. The third-order valence-electron chi connectivity index (χ3n) is 12.5. The summed E-state index contributed by atoms with van der Waals surface area (Å²) in [5.41, 5.74) is 0. The van der Waals surface area contributed by atoms with E-state index in [2.05, 4.69) is 38.2 Å². The number of aliphatic hydroxyl groups excluding tert-OH is 5. The van der Waals surface area contributed by atoms with Crippen molar-refractivity contribution in [2.45, 2.75) is 256 Å². The number of aliphatic hydroxyl groups is 5. The van der Waals surface area contributed by atoms with Gasteiger partial charge in [-0.3, -0.25) is 9.59 Å². The molecule has 1 aliphatic rings. The Balaban J connectivity index is 2.79. The molecule has 0 saturated carbocycles. The summed E-state index contributed by atoms with van der Waals surface area (Å²) in [6.45, 7) is 5.58. The molecule has 0 bridgehead atoms. The highest BCUT2D eigenvalue weighted by molar-refractivity contribution is 5.80. The molecule has 11 nitrogen and oxygen atoms in total. The van der Waals surface area contributed by atoms with Crippen molar-refractivity contribution >= 4 is 11.9 Å². The summed E-state index contributed by atoms with van der Waals surface area (Å²) >= 11 is 0. The van der Waals surface area contributed by atoms with Gasteiger partial charge in [-0.2, -0.15) is 0 Å². The Labute approximate surface area is 419 Å². The number of allylic oxidation sites excluding steroid dienone is 13. The maximum Gasteiger partial charge on any atom is 0.306 e. The number of esters is 1. The highest BCUT2D eigenvalue weighted by Crippen LogP contribution is 2.26. The molecule has 6 N–H and O–H groups in total. The average molecular weight is 970 g/mol. The van der Waals surface area contributed by atoms with Gasteiger partial charge in [0.15, 0.2) is 12.4 Å². The minimum absolute atomic E-state index is 0.0692. The van der Waals surface area contributed by atoms with E-state index in [9.17, 15) is 35.1 Å². The van der Waals surface area contributed by atoms with Crippen LogP contribution in [0.1, 0.15) is 207 Å². The Bertz CT molecular complexity index is 1440. The number of hydrogen-bond acceptors (Lipinski definition) is 10. The van der Waals surface area contributed by atoms with Crippen molar-refractivity contribution in [1.29, 1.82) is 0 Å². The smallest absolute Gasteiger partial charge is 0.306 e. The number of ether oxygens (including phenoxy) is 3. The third kappa shape index (κ3) is 34.7. The molecule has 1 amide bonds.